The van der Waals surface area contributed by atoms with Gasteiger partial charge in [0, 0.05) is 56.6 Å². The number of carbonyl (C=O) groups is 1. The lowest BCUT2D eigenvalue weighted by Gasteiger charge is -2.36. The van der Waals surface area contributed by atoms with Crippen LogP contribution in [-0.4, -0.2) is 46.9 Å². The van der Waals surface area contributed by atoms with Crippen molar-refractivity contribution < 1.29 is 4.79 Å². The van der Waals surface area contributed by atoms with Crippen molar-refractivity contribution in [1.82, 2.24) is 15.0 Å². The molecule has 1 saturated heterocycles. The smallest absolute Gasteiger partial charge is 0.147 e. The van der Waals surface area contributed by atoms with Gasteiger partial charge in [-0.3, -0.25) is 14.8 Å². The predicted molar refractivity (Wildman–Crippen MR) is 144 cm³/mol. The van der Waals surface area contributed by atoms with E-state index < -0.39 is 0 Å². The minimum atomic E-state index is 0.275. The Labute approximate surface area is 212 Å². The van der Waals surface area contributed by atoms with Gasteiger partial charge >= 0.3 is 0 Å². The SMILES string of the molecule is O=C(Cc1ccc(-c2ccc3ncc(N4CCN(c5ccncc5)CC4)nc3c2)cc1)C1CCCC1. The second kappa shape index (κ2) is 10.1. The van der Waals surface area contributed by atoms with Gasteiger partial charge in [0.25, 0.3) is 0 Å². The molecular formula is C30H31N5O. The normalized spacial score (nSPS) is 16.6. The van der Waals surface area contributed by atoms with Gasteiger partial charge in [0.2, 0.25) is 0 Å². The van der Waals surface area contributed by atoms with Crippen LogP contribution in [0.2, 0.25) is 0 Å². The maximum atomic E-state index is 12.5. The number of nitrogens with zero attached hydrogens (tertiary/aromatic N) is 5. The summed E-state index contributed by atoms with van der Waals surface area (Å²) in [6.07, 6.45) is 10.7. The van der Waals surface area contributed by atoms with Gasteiger partial charge in [0.1, 0.15) is 11.6 Å². The van der Waals surface area contributed by atoms with E-state index in [4.69, 9.17) is 4.98 Å². The average Bonchev–Trinajstić information content (AvgIpc) is 3.49. The number of aromatic nitrogens is 3. The van der Waals surface area contributed by atoms with Gasteiger partial charge in [-0.25, -0.2) is 4.98 Å². The summed E-state index contributed by atoms with van der Waals surface area (Å²) in [5.74, 6) is 1.60. The van der Waals surface area contributed by atoms with Crippen LogP contribution in [0.5, 0.6) is 0 Å². The molecule has 182 valence electrons. The first-order chi connectivity index (χ1) is 17.7. The molecule has 0 atom stereocenters. The standard InChI is InChI=1S/C30H31N5O/c36-29(24-3-1-2-4-24)19-22-5-7-23(8-6-22)25-9-10-27-28(20-25)33-30(21-32-27)35-17-15-34(16-18-35)26-11-13-31-14-12-26/h5-14,20-21,24H,1-4,15-19H2. The summed E-state index contributed by atoms with van der Waals surface area (Å²) < 4.78 is 0. The second-order valence-electron chi connectivity index (χ2n) is 9.93. The number of hydrogen-bond acceptors (Lipinski definition) is 6. The monoisotopic (exact) mass is 477 g/mol. The van der Waals surface area contributed by atoms with Crippen LogP contribution in [0, 0.1) is 5.92 Å². The molecule has 0 amide bonds. The number of ketones is 1. The number of piperazine rings is 1. The molecule has 0 N–H and O–H groups in total. The first-order valence-electron chi connectivity index (χ1n) is 13.0. The molecule has 4 aromatic rings. The van der Waals surface area contributed by atoms with Gasteiger partial charge in [-0.2, -0.15) is 0 Å². The molecule has 3 heterocycles. The highest BCUT2D eigenvalue weighted by atomic mass is 16.1. The maximum absolute atomic E-state index is 12.5. The van der Waals surface area contributed by atoms with E-state index in [2.05, 4.69) is 68.3 Å². The van der Waals surface area contributed by atoms with Gasteiger partial charge < -0.3 is 9.80 Å². The number of benzene rings is 2. The molecule has 1 aliphatic carbocycles. The number of hydrogen-bond donors (Lipinski definition) is 0. The Kier molecular flexibility index (Phi) is 6.33. The van der Waals surface area contributed by atoms with E-state index in [-0.39, 0.29) is 5.92 Å². The molecular weight excluding hydrogens is 446 g/mol. The Bertz CT molecular complexity index is 1340. The third-order valence-corrected chi connectivity index (χ3v) is 7.64. The summed E-state index contributed by atoms with van der Waals surface area (Å²) in [5, 5.41) is 0. The van der Waals surface area contributed by atoms with Crippen LogP contribution in [-0.2, 0) is 11.2 Å². The lowest BCUT2D eigenvalue weighted by atomic mass is 9.95. The van der Waals surface area contributed by atoms with E-state index in [0.29, 0.717) is 12.2 Å². The minimum absolute atomic E-state index is 0.275. The Morgan fingerprint density at radius 1 is 0.806 bits per heavy atom. The van der Waals surface area contributed by atoms with E-state index in [9.17, 15) is 4.79 Å². The van der Waals surface area contributed by atoms with Gasteiger partial charge in [-0.05, 0) is 53.8 Å². The van der Waals surface area contributed by atoms with Crippen LogP contribution in [0.25, 0.3) is 22.2 Å². The summed E-state index contributed by atoms with van der Waals surface area (Å²) in [5.41, 5.74) is 6.37. The molecule has 6 heteroatoms. The second-order valence-corrected chi connectivity index (χ2v) is 9.93. The first-order valence-corrected chi connectivity index (χ1v) is 13.0. The number of rotatable bonds is 6. The van der Waals surface area contributed by atoms with Crippen molar-refractivity contribution in [2.45, 2.75) is 32.1 Å². The molecule has 0 radical (unpaired) electrons. The summed E-state index contributed by atoms with van der Waals surface area (Å²) in [4.78, 5) is 31.0. The van der Waals surface area contributed by atoms with E-state index in [1.807, 2.05) is 24.7 Å². The van der Waals surface area contributed by atoms with Crippen LogP contribution in [0.4, 0.5) is 11.5 Å². The molecule has 2 aromatic heterocycles. The summed E-state index contributed by atoms with van der Waals surface area (Å²) in [6.45, 7) is 3.70. The summed E-state index contributed by atoms with van der Waals surface area (Å²) >= 11 is 0. The van der Waals surface area contributed by atoms with Crippen molar-refractivity contribution in [2.75, 3.05) is 36.0 Å². The fourth-order valence-corrected chi connectivity index (χ4v) is 5.49. The van der Waals surface area contributed by atoms with E-state index in [1.165, 1.54) is 18.5 Å². The van der Waals surface area contributed by atoms with Gasteiger partial charge in [0.15, 0.2) is 0 Å². The van der Waals surface area contributed by atoms with Gasteiger partial charge in [-0.15, -0.1) is 0 Å². The first kappa shape index (κ1) is 22.7. The molecule has 2 aliphatic rings. The van der Waals surface area contributed by atoms with Crippen LogP contribution < -0.4 is 9.80 Å². The van der Waals surface area contributed by atoms with Crippen molar-refractivity contribution in [3.05, 3.63) is 78.8 Å². The molecule has 0 spiro atoms. The van der Waals surface area contributed by atoms with Crippen molar-refractivity contribution in [1.29, 1.82) is 0 Å². The molecule has 2 aromatic carbocycles. The van der Waals surface area contributed by atoms with Crippen LogP contribution in [0.15, 0.2) is 73.2 Å². The zero-order chi connectivity index (χ0) is 24.3. The Morgan fingerprint density at radius 3 is 2.25 bits per heavy atom. The van der Waals surface area contributed by atoms with Crippen molar-refractivity contribution in [3.63, 3.8) is 0 Å². The molecule has 1 aliphatic heterocycles. The number of Topliss-reactive ketones (excluding diaryl/α,β-unsaturated/α-hetero) is 1. The van der Waals surface area contributed by atoms with Crippen LogP contribution in [0.3, 0.4) is 0 Å². The van der Waals surface area contributed by atoms with Crippen LogP contribution in [0.1, 0.15) is 31.2 Å². The fourth-order valence-electron chi connectivity index (χ4n) is 5.49. The van der Waals surface area contributed by atoms with E-state index >= 15 is 0 Å². The molecule has 2 fully saturated rings. The van der Waals surface area contributed by atoms with Crippen molar-refractivity contribution in [2.24, 2.45) is 5.92 Å². The Hall–Kier alpha value is -3.80. The number of fused-ring (bicyclic) bond motifs is 1. The molecule has 1 saturated carbocycles. The van der Waals surface area contributed by atoms with Crippen molar-refractivity contribution >= 4 is 28.3 Å². The number of pyridine rings is 1. The molecule has 0 bridgehead atoms. The zero-order valence-electron chi connectivity index (χ0n) is 20.5. The Morgan fingerprint density at radius 2 is 1.50 bits per heavy atom. The quantitative estimate of drug-likeness (QED) is 0.375. The van der Waals surface area contributed by atoms with Gasteiger partial charge in [-0.1, -0.05) is 43.2 Å². The lowest BCUT2D eigenvalue weighted by molar-refractivity contribution is -0.122. The number of carbonyl (C=O) groups excluding carboxylic acids is 1. The predicted octanol–water partition coefficient (Wildman–Crippen LogP) is 5.32. The third-order valence-electron chi connectivity index (χ3n) is 7.64. The maximum Gasteiger partial charge on any atom is 0.147 e. The third kappa shape index (κ3) is 4.81. The molecule has 36 heavy (non-hydrogen) atoms. The topological polar surface area (TPSA) is 62.2 Å². The van der Waals surface area contributed by atoms with E-state index in [0.717, 1.165) is 72.6 Å². The summed E-state index contributed by atoms with van der Waals surface area (Å²) in [7, 11) is 0. The van der Waals surface area contributed by atoms with Crippen molar-refractivity contribution in [3.8, 4) is 11.1 Å². The molecule has 0 unspecified atom stereocenters. The lowest BCUT2D eigenvalue weighted by Crippen LogP contribution is -2.46. The minimum Gasteiger partial charge on any atom is -0.368 e. The van der Waals surface area contributed by atoms with Gasteiger partial charge in [0.05, 0.1) is 17.2 Å². The molecule has 6 nitrogen and oxygen atoms in total. The Balaban J connectivity index is 1.15. The summed E-state index contributed by atoms with van der Waals surface area (Å²) in [6, 6.07) is 18.8. The molecule has 6 rings (SSSR count). The highest BCUT2D eigenvalue weighted by molar-refractivity contribution is 5.84. The average molecular weight is 478 g/mol. The highest BCUT2D eigenvalue weighted by Gasteiger charge is 2.22. The zero-order valence-corrected chi connectivity index (χ0v) is 20.5. The highest BCUT2D eigenvalue weighted by Crippen LogP contribution is 2.28. The van der Waals surface area contributed by atoms with E-state index in [1.54, 1.807) is 0 Å². The number of anilines is 2. The fraction of sp³-hybridized carbons (Fsp3) is 0.333. The largest absolute Gasteiger partial charge is 0.368 e. The van der Waals surface area contributed by atoms with Crippen LogP contribution >= 0.6 is 0 Å².